The first kappa shape index (κ1) is 22.5. The van der Waals surface area contributed by atoms with E-state index in [4.69, 9.17) is 0 Å². The Balaban J connectivity index is -0.0000000315. The Morgan fingerprint density at radius 2 is 1.00 bits per heavy atom. The van der Waals surface area contributed by atoms with Crippen LogP contribution in [0.5, 0.6) is 0 Å². The molecule has 0 aromatic rings. The zero-order valence-corrected chi connectivity index (χ0v) is 7.99. The van der Waals surface area contributed by atoms with Crippen LogP contribution < -0.4 is 0 Å². The lowest BCUT2D eigenvalue weighted by Crippen LogP contribution is -1.76. The highest BCUT2D eigenvalue weighted by Crippen LogP contribution is 1.77. The van der Waals surface area contributed by atoms with Gasteiger partial charge in [-0.15, -0.1) is 0 Å². The summed E-state index contributed by atoms with van der Waals surface area (Å²) in [5.41, 5.74) is 0. The summed E-state index contributed by atoms with van der Waals surface area (Å²) in [5.74, 6) is 0. The third-order valence-electron chi connectivity index (χ3n) is 0.577. The summed E-state index contributed by atoms with van der Waals surface area (Å²) < 4.78 is 0. The molecule has 0 nitrogen and oxygen atoms in total. The normalized spacial score (nSPS) is 5.00. The van der Waals surface area contributed by atoms with Gasteiger partial charge in [0.2, 0.25) is 0 Å². The van der Waals surface area contributed by atoms with Crippen LogP contribution in [-0.2, 0) is 0 Å². The minimum absolute atomic E-state index is 0. The van der Waals surface area contributed by atoms with Gasteiger partial charge in [-0.1, -0.05) is 61.6 Å². The van der Waals surface area contributed by atoms with E-state index in [0.717, 1.165) is 0 Å². The zero-order valence-electron chi connectivity index (χ0n) is 7.99. The maximum Gasteiger partial charge on any atom is 0.108 e. The molecule has 0 aliphatic heterocycles. The Morgan fingerprint density at radius 3 is 1.00 bits per heavy atom. The molecule has 0 aliphatic carbocycles. The third kappa shape index (κ3) is 94.4. The number of rotatable bonds is 2. The van der Waals surface area contributed by atoms with Crippen molar-refractivity contribution in [1.29, 1.82) is 0 Å². The standard InChI is InChI=1S/C4H10B.2C2H6.CH4/c1-3-5-4-2;2*1-2;/h3-4H2,1-2H3;2*1-2H3;1H4. The van der Waals surface area contributed by atoms with Gasteiger partial charge in [0.1, 0.15) is 7.28 Å². The van der Waals surface area contributed by atoms with Gasteiger partial charge in [0.15, 0.2) is 0 Å². The predicted octanol–water partition coefficient (Wildman–Crippen LogP) is 4.26. The van der Waals surface area contributed by atoms with Crippen LogP contribution in [0.4, 0.5) is 0 Å². The predicted molar refractivity (Wildman–Crippen MR) is 56.1 cm³/mol. The molecule has 0 spiro atoms. The zero-order chi connectivity index (χ0) is 8.12. The van der Waals surface area contributed by atoms with Crippen LogP contribution >= 0.6 is 0 Å². The van der Waals surface area contributed by atoms with Crippen molar-refractivity contribution in [3.63, 3.8) is 0 Å². The summed E-state index contributed by atoms with van der Waals surface area (Å²) in [6.07, 6.45) is 2.44. The average molecular weight is 145 g/mol. The van der Waals surface area contributed by atoms with Crippen molar-refractivity contribution in [3.8, 4) is 0 Å². The molecule has 0 saturated carbocycles. The van der Waals surface area contributed by atoms with E-state index < -0.39 is 0 Å². The van der Waals surface area contributed by atoms with Gasteiger partial charge in [-0.2, -0.15) is 0 Å². The lowest BCUT2D eigenvalue weighted by molar-refractivity contribution is 1.36. The molecule has 0 aromatic carbocycles. The highest BCUT2D eigenvalue weighted by atomic mass is 13.5. The fraction of sp³-hybridized carbons (Fsp3) is 1.00. The molecule has 0 amide bonds. The van der Waals surface area contributed by atoms with Crippen LogP contribution in [0.1, 0.15) is 49.0 Å². The van der Waals surface area contributed by atoms with Gasteiger partial charge in [-0.3, -0.25) is 0 Å². The van der Waals surface area contributed by atoms with Gasteiger partial charge in [-0.05, 0) is 0 Å². The van der Waals surface area contributed by atoms with E-state index in [1.54, 1.807) is 0 Å². The molecule has 65 valence electrons. The van der Waals surface area contributed by atoms with E-state index in [2.05, 4.69) is 21.1 Å². The maximum atomic E-state index is 2.25. The highest BCUT2D eigenvalue weighted by Gasteiger charge is 1.72. The quantitative estimate of drug-likeness (QED) is 0.509. The second-order valence-electron chi connectivity index (χ2n) is 1.11. The Kier molecular flexibility index (Phi) is 141. The molecular formula is C9H26B. The third-order valence-corrected chi connectivity index (χ3v) is 0.577. The van der Waals surface area contributed by atoms with Crippen LogP contribution in [0, 0.1) is 0 Å². The minimum Gasteiger partial charge on any atom is -0.0831 e. The van der Waals surface area contributed by atoms with Crippen molar-refractivity contribution >= 4 is 7.28 Å². The topological polar surface area (TPSA) is 0 Å². The van der Waals surface area contributed by atoms with Crippen molar-refractivity contribution in [1.82, 2.24) is 0 Å². The Labute approximate surface area is 69.7 Å². The first-order valence-corrected chi connectivity index (χ1v) is 4.23. The summed E-state index contributed by atoms with van der Waals surface area (Å²) in [6.45, 7) is 12.3. The molecule has 0 atom stereocenters. The molecule has 0 fully saturated rings. The molecule has 0 aromatic heterocycles. The fourth-order valence-electron chi connectivity index (χ4n) is 0.289. The molecular weight excluding hydrogens is 119 g/mol. The van der Waals surface area contributed by atoms with Crippen molar-refractivity contribution in [2.75, 3.05) is 0 Å². The van der Waals surface area contributed by atoms with Crippen LogP contribution in [0.25, 0.3) is 0 Å². The van der Waals surface area contributed by atoms with Gasteiger partial charge < -0.3 is 0 Å². The number of hydrogen-bond donors (Lipinski definition) is 0. The summed E-state index contributed by atoms with van der Waals surface area (Å²) in [5, 5.41) is 0. The molecule has 1 radical (unpaired) electrons. The molecule has 0 N–H and O–H groups in total. The lowest BCUT2D eigenvalue weighted by Gasteiger charge is -1.75. The van der Waals surface area contributed by atoms with E-state index in [9.17, 15) is 0 Å². The molecule has 0 saturated heterocycles. The minimum atomic E-state index is 0. The maximum absolute atomic E-state index is 2.25. The van der Waals surface area contributed by atoms with Crippen molar-refractivity contribution in [2.45, 2.75) is 61.6 Å². The number of hydrogen-bond acceptors (Lipinski definition) is 0. The van der Waals surface area contributed by atoms with Crippen LogP contribution in [0.2, 0.25) is 12.6 Å². The molecule has 0 heterocycles. The van der Waals surface area contributed by atoms with Gasteiger partial charge in [0.05, 0.1) is 0 Å². The first-order valence-electron chi connectivity index (χ1n) is 4.23. The van der Waals surface area contributed by atoms with Gasteiger partial charge >= 0.3 is 0 Å². The van der Waals surface area contributed by atoms with E-state index in [0.29, 0.717) is 0 Å². The molecule has 0 aliphatic rings. The van der Waals surface area contributed by atoms with Crippen molar-refractivity contribution in [3.05, 3.63) is 0 Å². The van der Waals surface area contributed by atoms with E-state index in [1.807, 2.05) is 27.7 Å². The Morgan fingerprint density at radius 1 is 0.800 bits per heavy atom. The first-order chi connectivity index (χ1) is 4.41. The Hall–Kier alpha value is 0.0649. The van der Waals surface area contributed by atoms with Crippen LogP contribution in [0.3, 0.4) is 0 Å². The fourth-order valence-corrected chi connectivity index (χ4v) is 0.289. The smallest absolute Gasteiger partial charge is 0.0831 e. The van der Waals surface area contributed by atoms with Gasteiger partial charge in [0.25, 0.3) is 0 Å². The summed E-state index contributed by atoms with van der Waals surface area (Å²) >= 11 is 0. The largest absolute Gasteiger partial charge is 0.108 e. The molecule has 0 unspecified atom stereocenters. The van der Waals surface area contributed by atoms with E-state index in [1.165, 1.54) is 12.6 Å². The van der Waals surface area contributed by atoms with E-state index in [-0.39, 0.29) is 7.43 Å². The highest BCUT2D eigenvalue weighted by molar-refractivity contribution is 6.34. The molecule has 10 heavy (non-hydrogen) atoms. The Bertz CT molecular complexity index is 12.2. The van der Waals surface area contributed by atoms with Gasteiger partial charge in [0, 0.05) is 0 Å². The monoisotopic (exact) mass is 145 g/mol. The van der Waals surface area contributed by atoms with Crippen molar-refractivity contribution in [2.24, 2.45) is 0 Å². The molecule has 0 rings (SSSR count). The second-order valence-corrected chi connectivity index (χ2v) is 1.11. The van der Waals surface area contributed by atoms with Gasteiger partial charge in [-0.25, -0.2) is 0 Å². The summed E-state index contributed by atoms with van der Waals surface area (Å²) in [7, 11) is 2.25. The molecule has 0 bridgehead atoms. The summed E-state index contributed by atoms with van der Waals surface area (Å²) in [4.78, 5) is 0. The van der Waals surface area contributed by atoms with Crippen LogP contribution in [-0.4, -0.2) is 7.28 Å². The van der Waals surface area contributed by atoms with E-state index >= 15 is 0 Å². The lowest BCUT2D eigenvalue weighted by atomic mass is 9.73. The van der Waals surface area contributed by atoms with Crippen molar-refractivity contribution < 1.29 is 0 Å². The second kappa shape index (κ2) is 62.8. The summed E-state index contributed by atoms with van der Waals surface area (Å²) in [6, 6.07) is 0. The molecule has 1 heteroatoms. The van der Waals surface area contributed by atoms with Crippen LogP contribution in [0.15, 0.2) is 0 Å². The SMILES string of the molecule is C.CC.CC.CC[B]CC. The average Bonchev–Trinajstić information content (AvgIpc) is 1.98.